The molecule has 0 fully saturated rings. The van der Waals surface area contributed by atoms with Crippen molar-refractivity contribution >= 4 is 10.8 Å². The maximum absolute atomic E-state index is 9.77. The summed E-state index contributed by atoms with van der Waals surface area (Å²) in [7, 11) is 0. The van der Waals surface area contributed by atoms with E-state index in [2.05, 4.69) is 0 Å². The minimum Gasteiger partial charge on any atom is -0.508 e. The maximum atomic E-state index is 9.77. The lowest BCUT2D eigenvalue weighted by molar-refractivity contribution is -0.300. The van der Waals surface area contributed by atoms with E-state index in [1.807, 2.05) is 37.3 Å². The van der Waals surface area contributed by atoms with E-state index < -0.39 is 0 Å². The number of rotatable bonds is 4. The smallest absolute Gasteiger partial charge is 0.121 e. The summed E-state index contributed by atoms with van der Waals surface area (Å²) < 4.78 is 0. The van der Waals surface area contributed by atoms with Gasteiger partial charge in [-0.05, 0) is 29.8 Å². The van der Waals surface area contributed by atoms with Crippen LogP contribution in [0.3, 0.4) is 0 Å². The van der Waals surface area contributed by atoms with Crippen LogP contribution in [0.15, 0.2) is 36.4 Å². The third kappa shape index (κ3) is 2.32. The van der Waals surface area contributed by atoms with Crippen LogP contribution >= 0.6 is 0 Å². The Morgan fingerprint density at radius 2 is 1.75 bits per heavy atom. The first-order chi connectivity index (χ1) is 7.81. The monoisotopic (exact) mass is 218 g/mol. The van der Waals surface area contributed by atoms with Crippen molar-refractivity contribution in [2.75, 3.05) is 6.61 Å². The fourth-order valence-corrected chi connectivity index (χ4v) is 1.58. The molecule has 0 aliphatic carbocycles. The number of phenols is 1. The van der Waals surface area contributed by atoms with Gasteiger partial charge in [-0.3, -0.25) is 0 Å². The molecular formula is C13H14O3. The number of fused-ring (bicyclic) bond motifs is 1. The summed E-state index contributed by atoms with van der Waals surface area (Å²) in [5.41, 5.74) is 0.729. The van der Waals surface area contributed by atoms with Crippen LogP contribution in [-0.4, -0.2) is 11.7 Å². The summed E-state index contributed by atoms with van der Waals surface area (Å²) in [6.45, 7) is 2.60. The van der Waals surface area contributed by atoms with E-state index in [0.717, 1.165) is 16.3 Å². The highest BCUT2D eigenvalue weighted by atomic mass is 17.2. The van der Waals surface area contributed by atoms with Gasteiger partial charge in [-0.15, -0.1) is 0 Å². The Morgan fingerprint density at radius 1 is 1.06 bits per heavy atom. The Hall–Kier alpha value is -1.58. The van der Waals surface area contributed by atoms with Crippen molar-refractivity contribution in [2.24, 2.45) is 0 Å². The summed E-state index contributed by atoms with van der Waals surface area (Å²) in [6.07, 6.45) is 0. The van der Waals surface area contributed by atoms with Gasteiger partial charge in [0.15, 0.2) is 0 Å². The van der Waals surface area contributed by atoms with Gasteiger partial charge in [0, 0.05) is 5.56 Å². The molecule has 3 nitrogen and oxygen atoms in total. The molecule has 0 aliphatic rings. The molecule has 2 rings (SSSR count). The van der Waals surface area contributed by atoms with Gasteiger partial charge in [0.05, 0.1) is 6.61 Å². The Morgan fingerprint density at radius 3 is 2.44 bits per heavy atom. The Bertz CT molecular complexity index is 480. The van der Waals surface area contributed by atoms with Gasteiger partial charge in [0.1, 0.15) is 12.4 Å². The van der Waals surface area contributed by atoms with E-state index >= 15 is 0 Å². The van der Waals surface area contributed by atoms with Gasteiger partial charge < -0.3 is 5.11 Å². The van der Waals surface area contributed by atoms with Crippen molar-refractivity contribution in [2.45, 2.75) is 13.5 Å². The summed E-state index contributed by atoms with van der Waals surface area (Å²) in [4.78, 5) is 9.73. The van der Waals surface area contributed by atoms with Crippen LogP contribution < -0.4 is 0 Å². The lowest BCUT2D eigenvalue weighted by atomic mass is 10.1. The summed E-state index contributed by atoms with van der Waals surface area (Å²) in [6, 6.07) is 11.5. The molecule has 0 atom stereocenters. The Balaban J connectivity index is 2.27. The molecule has 0 saturated carbocycles. The normalized spacial score (nSPS) is 10.8. The fraction of sp³-hybridized carbons (Fsp3) is 0.231. The SMILES string of the molecule is CCOOCc1cc2ccccc2cc1O. The molecule has 0 amide bonds. The molecule has 0 aromatic heterocycles. The molecule has 0 spiro atoms. The number of hydrogen-bond acceptors (Lipinski definition) is 3. The van der Waals surface area contributed by atoms with E-state index in [0.29, 0.717) is 6.61 Å². The zero-order valence-electron chi connectivity index (χ0n) is 9.14. The third-order valence-electron chi connectivity index (χ3n) is 2.36. The minimum absolute atomic E-state index is 0.235. The molecule has 84 valence electrons. The van der Waals surface area contributed by atoms with Crippen LogP contribution in [0, 0.1) is 0 Å². The molecular weight excluding hydrogens is 204 g/mol. The van der Waals surface area contributed by atoms with Crippen LogP contribution in [0.2, 0.25) is 0 Å². The zero-order valence-corrected chi connectivity index (χ0v) is 9.14. The second-order valence-corrected chi connectivity index (χ2v) is 3.50. The summed E-state index contributed by atoms with van der Waals surface area (Å²) >= 11 is 0. The van der Waals surface area contributed by atoms with Crippen molar-refractivity contribution in [1.29, 1.82) is 0 Å². The van der Waals surface area contributed by atoms with Gasteiger partial charge >= 0.3 is 0 Å². The van der Waals surface area contributed by atoms with Crippen molar-refractivity contribution in [3.63, 3.8) is 0 Å². The molecule has 2 aromatic carbocycles. The molecule has 0 heterocycles. The third-order valence-corrected chi connectivity index (χ3v) is 2.36. The second kappa shape index (κ2) is 4.96. The Labute approximate surface area is 94.2 Å². The summed E-state index contributed by atoms with van der Waals surface area (Å²) in [5, 5.41) is 11.9. The molecule has 2 aromatic rings. The van der Waals surface area contributed by atoms with E-state index in [1.165, 1.54) is 0 Å². The predicted molar refractivity (Wildman–Crippen MR) is 62.0 cm³/mol. The number of phenolic OH excluding ortho intramolecular Hbond substituents is 1. The first kappa shape index (κ1) is 10.9. The average Bonchev–Trinajstić information content (AvgIpc) is 2.30. The molecule has 0 aliphatic heterocycles. The summed E-state index contributed by atoms with van der Waals surface area (Å²) in [5.74, 6) is 0.235. The standard InChI is InChI=1S/C13H14O3/c1-2-15-16-9-12-7-10-5-3-4-6-11(10)8-13(12)14/h3-8,14H,2,9H2,1H3. The van der Waals surface area contributed by atoms with E-state index in [4.69, 9.17) is 9.78 Å². The van der Waals surface area contributed by atoms with Gasteiger partial charge in [-0.1, -0.05) is 24.3 Å². The van der Waals surface area contributed by atoms with E-state index in [1.54, 1.807) is 6.07 Å². The van der Waals surface area contributed by atoms with E-state index in [-0.39, 0.29) is 12.4 Å². The zero-order chi connectivity index (χ0) is 11.4. The number of benzene rings is 2. The largest absolute Gasteiger partial charge is 0.508 e. The first-order valence-corrected chi connectivity index (χ1v) is 5.26. The van der Waals surface area contributed by atoms with Gasteiger partial charge in [0.2, 0.25) is 0 Å². The van der Waals surface area contributed by atoms with Crippen LogP contribution in [0.4, 0.5) is 0 Å². The van der Waals surface area contributed by atoms with Crippen molar-refractivity contribution in [1.82, 2.24) is 0 Å². The highest BCUT2D eigenvalue weighted by molar-refractivity contribution is 5.84. The van der Waals surface area contributed by atoms with Crippen LogP contribution in [0.1, 0.15) is 12.5 Å². The topological polar surface area (TPSA) is 38.7 Å². The highest BCUT2D eigenvalue weighted by Gasteiger charge is 2.04. The first-order valence-electron chi connectivity index (χ1n) is 5.26. The van der Waals surface area contributed by atoms with Gasteiger partial charge in [-0.25, -0.2) is 9.78 Å². The molecule has 0 saturated heterocycles. The number of hydrogen-bond donors (Lipinski definition) is 1. The van der Waals surface area contributed by atoms with Crippen molar-refractivity contribution in [3.05, 3.63) is 42.0 Å². The van der Waals surface area contributed by atoms with Crippen molar-refractivity contribution < 1.29 is 14.9 Å². The predicted octanol–water partition coefficient (Wildman–Crippen LogP) is 3.01. The maximum Gasteiger partial charge on any atom is 0.121 e. The molecule has 16 heavy (non-hydrogen) atoms. The van der Waals surface area contributed by atoms with E-state index in [9.17, 15) is 5.11 Å². The van der Waals surface area contributed by atoms with Gasteiger partial charge in [-0.2, -0.15) is 0 Å². The second-order valence-electron chi connectivity index (χ2n) is 3.50. The quantitative estimate of drug-likeness (QED) is 0.487. The lowest BCUT2D eigenvalue weighted by Crippen LogP contribution is -1.95. The number of aromatic hydroxyl groups is 1. The Kier molecular flexibility index (Phi) is 3.39. The molecule has 0 unspecified atom stereocenters. The van der Waals surface area contributed by atoms with Gasteiger partial charge in [0.25, 0.3) is 0 Å². The molecule has 0 radical (unpaired) electrons. The highest BCUT2D eigenvalue weighted by Crippen LogP contribution is 2.25. The average molecular weight is 218 g/mol. The van der Waals surface area contributed by atoms with Crippen LogP contribution in [0.25, 0.3) is 10.8 Å². The fourth-order valence-electron chi connectivity index (χ4n) is 1.58. The van der Waals surface area contributed by atoms with Crippen molar-refractivity contribution in [3.8, 4) is 5.75 Å². The minimum atomic E-state index is 0.235. The molecule has 0 bridgehead atoms. The van der Waals surface area contributed by atoms with Crippen LogP contribution in [-0.2, 0) is 16.4 Å². The lowest BCUT2D eigenvalue weighted by Gasteiger charge is -2.06. The van der Waals surface area contributed by atoms with Crippen LogP contribution in [0.5, 0.6) is 5.75 Å². The molecule has 3 heteroatoms. The molecule has 1 N–H and O–H groups in total.